The lowest BCUT2D eigenvalue weighted by atomic mass is 10.2. The third-order valence-corrected chi connectivity index (χ3v) is 4.13. The summed E-state index contributed by atoms with van der Waals surface area (Å²) in [6.07, 6.45) is 3.06. The lowest BCUT2D eigenvalue weighted by Gasteiger charge is -2.27. The van der Waals surface area contributed by atoms with Crippen LogP contribution >= 0.6 is 0 Å². The number of likely N-dealkylation sites (N-methyl/N-ethyl adjacent to an activating group) is 1. The second-order valence-electron chi connectivity index (χ2n) is 5.99. The molecule has 1 atom stereocenters. The molecule has 2 amide bonds. The molecule has 0 aromatic carbocycles. The average Bonchev–Trinajstić information content (AvgIpc) is 3.23. The molecule has 0 aliphatic carbocycles. The van der Waals surface area contributed by atoms with Gasteiger partial charge in [-0.25, -0.2) is 0 Å². The highest BCUT2D eigenvalue weighted by atomic mass is 16.5. The van der Waals surface area contributed by atoms with Gasteiger partial charge in [-0.2, -0.15) is 0 Å². The maximum atomic E-state index is 12.8. The number of pyridine rings is 1. The van der Waals surface area contributed by atoms with E-state index in [-0.39, 0.29) is 11.8 Å². The summed E-state index contributed by atoms with van der Waals surface area (Å²) in [5, 5.41) is 3.91. The number of likely N-dealkylation sites (tertiary alicyclic amines) is 1. The number of carbonyl (C=O) groups is 2. The zero-order valence-corrected chi connectivity index (χ0v) is 13.8. The van der Waals surface area contributed by atoms with E-state index < -0.39 is 6.04 Å². The van der Waals surface area contributed by atoms with Crippen molar-refractivity contribution in [2.75, 3.05) is 13.6 Å². The number of rotatable bonds is 4. The number of hydrogen-bond acceptors (Lipinski definition) is 5. The molecule has 0 saturated carbocycles. The maximum Gasteiger partial charge on any atom is 0.273 e. The van der Waals surface area contributed by atoms with Crippen molar-refractivity contribution in [1.82, 2.24) is 19.9 Å². The van der Waals surface area contributed by atoms with Gasteiger partial charge < -0.3 is 14.3 Å². The van der Waals surface area contributed by atoms with E-state index in [0.717, 1.165) is 6.42 Å². The normalized spacial score (nSPS) is 17.1. The highest BCUT2D eigenvalue weighted by molar-refractivity contribution is 5.96. The van der Waals surface area contributed by atoms with Gasteiger partial charge >= 0.3 is 0 Å². The number of nitrogens with zero attached hydrogens (tertiary/aromatic N) is 4. The highest BCUT2D eigenvalue weighted by Crippen LogP contribution is 2.21. The number of aryl methyl sites for hydroxylation is 1. The molecule has 1 aliphatic rings. The van der Waals surface area contributed by atoms with E-state index in [1.165, 1.54) is 0 Å². The fraction of sp³-hybridized carbons (Fsp3) is 0.412. The Hall–Kier alpha value is -2.70. The first-order valence-electron chi connectivity index (χ1n) is 7.95. The van der Waals surface area contributed by atoms with Gasteiger partial charge in [-0.3, -0.25) is 14.6 Å². The van der Waals surface area contributed by atoms with Crippen molar-refractivity contribution in [3.8, 4) is 0 Å². The molecule has 1 aliphatic heterocycles. The van der Waals surface area contributed by atoms with Gasteiger partial charge in [-0.1, -0.05) is 11.2 Å². The number of hydrogen-bond donors (Lipinski definition) is 0. The average molecular weight is 328 g/mol. The Morgan fingerprint density at radius 3 is 2.92 bits per heavy atom. The Labute approximate surface area is 140 Å². The molecule has 0 spiro atoms. The Morgan fingerprint density at radius 2 is 2.25 bits per heavy atom. The Kier molecular flexibility index (Phi) is 4.59. The van der Waals surface area contributed by atoms with E-state index in [0.29, 0.717) is 36.7 Å². The van der Waals surface area contributed by atoms with E-state index in [4.69, 9.17) is 4.52 Å². The first kappa shape index (κ1) is 16.2. The number of carbonyl (C=O) groups excluding carboxylic acids is 2. The van der Waals surface area contributed by atoms with E-state index in [9.17, 15) is 9.59 Å². The standard InChI is InChI=1S/C17H20N4O3/c1-12-10-13(19-24-12)11-20(2)17(23)15-7-5-9-21(15)16(22)14-6-3-4-8-18-14/h3-4,6,8,10,15H,5,7,9,11H2,1-2H3/t15-/m0/s1. The molecule has 1 fully saturated rings. The summed E-state index contributed by atoms with van der Waals surface area (Å²) in [5.41, 5.74) is 1.07. The van der Waals surface area contributed by atoms with Crippen LogP contribution in [0.25, 0.3) is 0 Å². The van der Waals surface area contributed by atoms with Crippen LogP contribution in [-0.4, -0.2) is 51.4 Å². The summed E-state index contributed by atoms with van der Waals surface area (Å²) in [7, 11) is 1.72. The molecule has 2 aromatic rings. The summed E-state index contributed by atoms with van der Waals surface area (Å²) in [4.78, 5) is 32.7. The maximum absolute atomic E-state index is 12.8. The van der Waals surface area contributed by atoms with E-state index in [1.807, 2.05) is 6.92 Å². The van der Waals surface area contributed by atoms with Crippen molar-refractivity contribution in [1.29, 1.82) is 0 Å². The second kappa shape index (κ2) is 6.82. The molecular formula is C17H20N4O3. The summed E-state index contributed by atoms with van der Waals surface area (Å²) in [6, 6.07) is 6.56. The molecule has 24 heavy (non-hydrogen) atoms. The summed E-state index contributed by atoms with van der Waals surface area (Å²) in [5.74, 6) is 0.424. The molecule has 3 heterocycles. The van der Waals surface area contributed by atoms with Crippen molar-refractivity contribution in [2.24, 2.45) is 0 Å². The van der Waals surface area contributed by atoms with Crippen molar-refractivity contribution in [3.63, 3.8) is 0 Å². The van der Waals surface area contributed by atoms with Crippen LogP contribution in [-0.2, 0) is 11.3 Å². The van der Waals surface area contributed by atoms with Crippen molar-refractivity contribution in [2.45, 2.75) is 32.4 Å². The second-order valence-corrected chi connectivity index (χ2v) is 5.99. The molecule has 0 N–H and O–H groups in total. The zero-order valence-electron chi connectivity index (χ0n) is 13.8. The largest absolute Gasteiger partial charge is 0.361 e. The molecule has 7 heteroatoms. The van der Waals surface area contributed by atoms with Crippen LogP contribution in [0.15, 0.2) is 35.0 Å². The van der Waals surface area contributed by atoms with E-state index in [1.54, 1.807) is 47.3 Å². The summed E-state index contributed by atoms with van der Waals surface area (Å²) < 4.78 is 5.03. The smallest absolute Gasteiger partial charge is 0.273 e. The van der Waals surface area contributed by atoms with Gasteiger partial charge in [0.15, 0.2) is 0 Å². The lowest BCUT2D eigenvalue weighted by Crippen LogP contribution is -2.46. The van der Waals surface area contributed by atoms with Gasteiger partial charge in [0.1, 0.15) is 23.2 Å². The fourth-order valence-electron chi connectivity index (χ4n) is 2.97. The van der Waals surface area contributed by atoms with Gasteiger partial charge in [0.2, 0.25) is 5.91 Å². The molecule has 0 bridgehead atoms. The number of aromatic nitrogens is 2. The molecule has 1 saturated heterocycles. The predicted molar refractivity (Wildman–Crippen MR) is 86.0 cm³/mol. The van der Waals surface area contributed by atoms with Gasteiger partial charge in [0, 0.05) is 25.9 Å². The summed E-state index contributed by atoms with van der Waals surface area (Å²) in [6.45, 7) is 2.74. The van der Waals surface area contributed by atoms with Gasteiger partial charge in [0.05, 0.1) is 6.54 Å². The number of amides is 2. The van der Waals surface area contributed by atoms with Crippen LogP contribution in [0.4, 0.5) is 0 Å². The minimum absolute atomic E-state index is 0.0857. The van der Waals surface area contributed by atoms with Gasteiger partial charge in [-0.05, 0) is 31.9 Å². The minimum atomic E-state index is -0.447. The monoisotopic (exact) mass is 328 g/mol. The fourth-order valence-corrected chi connectivity index (χ4v) is 2.97. The van der Waals surface area contributed by atoms with Crippen LogP contribution in [0.2, 0.25) is 0 Å². The van der Waals surface area contributed by atoms with E-state index >= 15 is 0 Å². The molecule has 2 aromatic heterocycles. The first-order valence-corrected chi connectivity index (χ1v) is 7.95. The molecule has 0 unspecified atom stereocenters. The quantitative estimate of drug-likeness (QED) is 0.852. The topological polar surface area (TPSA) is 79.5 Å². The Morgan fingerprint density at radius 1 is 1.42 bits per heavy atom. The predicted octanol–water partition coefficient (Wildman–Crippen LogP) is 1.64. The van der Waals surface area contributed by atoms with Crippen LogP contribution in [0.1, 0.15) is 34.8 Å². The molecule has 126 valence electrons. The van der Waals surface area contributed by atoms with Crippen LogP contribution in [0.3, 0.4) is 0 Å². The molecule has 7 nitrogen and oxygen atoms in total. The van der Waals surface area contributed by atoms with E-state index in [2.05, 4.69) is 10.1 Å². The van der Waals surface area contributed by atoms with Crippen LogP contribution < -0.4 is 0 Å². The van der Waals surface area contributed by atoms with Crippen molar-refractivity contribution < 1.29 is 14.1 Å². The molecule has 0 radical (unpaired) electrons. The highest BCUT2D eigenvalue weighted by Gasteiger charge is 2.36. The summed E-state index contributed by atoms with van der Waals surface area (Å²) >= 11 is 0. The third-order valence-electron chi connectivity index (χ3n) is 4.13. The lowest BCUT2D eigenvalue weighted by molar-refractivity contribution is -0.134. The van der Waals surface area contributed by atoms with Crippen molar-refractivity contribution in [3.05, 3.63) is 47.6 Å². The Balaban J connectivity index is 1.70. The Bertz CT molecular complexity index is 728. The van der Waals surface area contributed by atoms with Crippen LogP contribution in [0, 0.1) is 6.92 Å². The molecule has 3 rings (SSSR count). The van der Waals surface area contributed by atoms with Crippen molar-refractivity contribution >= 4 is 11.8 Å². The first-order chi connectivity index (χ1) is 11.6. The zero-order chi connectivity index (χ0) is 17.1. The minimum Gasteiger partial charge on any atom is -0.361 e. The third kappa shape index (κ3) is 3.29. The molecular weight excluding hydrogens is 308 g/mol. The van der Waals surface area contributed by atoms with Gasteiger partial charge in [-0.15, -0.1) is 0 Å². The van der Waals surface area contributed by atoms with Crippen LogP contribution in [0.5, 0.6) is 0 Å². The van der Waals surface area contributed by atoms with Gasteiger partial charge in [0.25, 0.3) is 5.91 Å². The SMILES string of the molecule is Cc1cc(CN(C)C(=O)[C@@H]2CCCN2C(=O)c2ccccn2)no1.